The van der Waals surface area contributed by atoms with Crippen LogP contribution in [0.15, 0.2) is 12.4 Å². The molecule has 0 aromatic carbocycles. The number of rotatable bonds is 27. The Balaban J connectivity index is 2.01. The molecule has 208 valence electrons. The third-order valence-electron chi connectivity index (χ3n) is 8.15. The van der Waals surface area contributed by atoms with Crippen LogP contribution in [0, 0.1) is 0 Å². The van der Waals surface area contributed by atoms with Crippen LogP contribution in [0.1, 0.15) is 181 Å². The molecular formula is C33H66N2. The molecule has 1 heterocycles. The molecule has 2 heteroatoms. The Morgan fingerprint density at radius 1 is 0.457 bits per heavy atom. The van der Waals surface area contributed by atoms with Gasteiger partial charge in [0.2, 0.25) is 0 Å². The lowest BCUT2D eigenvalue weighted by molar-refractivity contribution is 0.203. The van der Waals surface area contributed by atoms with E-state index in [1.165, 1.54) is 167 Å². The van der Waals surface area contributed by atoms with E-state index in [4.69, 9.17) is 0 Å². The van der Waals surface area contributed by atoms with Gasteiger partial charge in [0.05, 0.1) is 6.67 Å². The summed E-state index contributed by atoms with van der Waals surface area (Å²) in [7, 11) is 2.21. The summed E-state index contributed by atoms with van der Waals surface area (Å²) < 4.78 is 0. The van der Waals surface area contributed by atoms with Gasteiger partial charge in [0.1, 0.15) is 0 Å². The average Bonchev–Trinajstić information content (AvgIpc) is 3.30. The van der Waals surface area contributed by atoms with Gasteiger partial charge in [-0.2, -0.15) is 0 Å². The Kier molecular flexibility index (Phi) is 23.1. The standard InChI is InChI=1S/C33H66N2/c1-4-6-8-10-12-14-16-18-20-22-24-26-28-33(35-31-30-34(3)32-35)29-27-25-23-21-19-17-15-13-11-9-7-5-2/h30-31,33H,4-29,32H2,1-3H3. The molecule has 0 amide bonds. The second kappa shape index (κ2) is 25.0. The first-order valence-corrected chi connectivity index (χ1v) is 16.4. The zero-order valence-electron chi connectivity index (χ0n) is 24.7. The van der Waals surface area contributed by atoms with Crippen LogP contribution in [0.5, 0.6) is 0 Å². The average molecular weight is 491 g/mol. The highest BCUT2D eigenvalue weighted by Crippen LogP contribution is 2.22. The topological polar surface area (TPSA) is 6.48 Å². The fourth-order valence-electron chi connectivity index (χ4n) is 5.71. The molecule has 1 rings (SSSR count). The molecule has 0 aromatic rings. The van der Waals surface area contributed by atoms with E-state index in [1.807, 2.05) is 0 Å². The molecule has 1 aliphatic heterocycles. The smallest absolute Gasteiger partial charge is 0.0893 e. The first-order chi connectivity index (χ1) is 17.3. The Labute approximate surface area is 222 Å². The predicted molar refractivity (Wildman–Crippen MR) is 159 cm³/mol. The van der Waals surface area contributed by atoms with Crippen LogP contribution in [-0.2, 0) is 0 Å². The molecule has 0 aliphatic carbocycles. The van der Waals surface area contributed by atoms with Gasteiger partial charge in [-0.3, -0.25) is 0 Å². The van der Waals surface area contributed by atoms with E-state index < -0.39 is 0 Å². The number of hydrogen-bond acceptors (Lipinski definition) is 2. The maximum absolute atomic E-state index is 2.62. The highest BCUT2D eigenvalue weighted by Gasteiger charge is 2.18. The lowest BCUT2D eigenvalue weighted by Gasteiger charge is -2.29. The maximum Gasteiger partial charge on any atom is 0.0893 e. The predicted octanol–water partition coefficient (Wildman–Crippen LogP) is 11.2. The van der Waals surface area contributed by atoms with Gasteiger partial charge in [0.25, 0.3) is 0 Å². The van der Waals surface area contributed by atoms with Crippen molar-refractivity contribution in [1.29, 1.82) is 0 Å². The first-order valence-electron chi connectivity index (χ1n) is 16.4. The summed E-state index contributed by atoms with van der Waals surface area (Å²) >= 11 is 0. The van der Waals surface area contributed by atoms with Crippen molar-refractivity contribution in [2.24, 2.45) is 0 Å². The quantitative estimate of drug-likeness (QED) is 0.106. The molecule has 0 radical (unpaired) electrons. The van der Waals surface area contributed by atoms with E-state index in [1.54, 1.807) is 0 Å². The Hall–Kier alpha value is -0.660. The summed E-state index contributed by atoms with van der Waals surface area (Å²) in [5.74, 6) is 0. The van der Waals surface area contributed by atoms with Gasteiger partial charge in [-0.05, 0) is 12.8 Å². The van der Waals surface area contributed by atoms with Crippen LogP contribution in [0.2, 0.25) is 0 Å². The highest BCUT2D eigenvalue weighted by molar-refractivity contribution is 4.92. The van der Waals surface area contributed by atoms with E-state index in [0.29, 0.717) is 0 Å². The summed E-state index contributed by atoms with van der Waals surface area (Å²) in [5.41, 5.74) is 0. The Morgan fingerprint density at radius 3 is 1.06 bits per heavy atom. The normalized spacial score (nSPS) is 13.6. The fraction of sp³-hybridized carbons (Fsp3) is 0.939. The van der Waals surface area contributed by atoms with E-state index in [-0.39, 0.29) is 0 Å². The number of nitrogens with zero attached hydrogens (tertiary/aromatic N) is 2. The minimum Gasteiger partial charge on any atom is -0.362 e. The van der Waals surface area contributed by atoms with Gasteiger partial charge in [-0.1, -0.05) is 168 Å². The molecule has 0 fully saturated rings. The molecule has 0 aromatic heterocycles. The van der Waals surface area contributed by atoms with Gasteiger partial charge in [0.15, 0.2) is 0 Å². The van der Waals surface area contributed by atoms with Crippen LogP contribution in [-0.4, -0.2) is 29.6 Å². The second-order valence-corrected chi connectivity index (χ2v) is 11.7. The minimum atomic E-state index is 0.766. The van der Waals surface area contributed by atoms with Crippen LogP contribution >= 0.6 is 0 Å². The molecule has 2 nitrogen and oxygen atoms in total. The Bertz CT molecular complexity index is 418. The zero-order chi connectivity index (χ0) is 25.2. The summed E-state index contributed by atoms with van der Waals surface area (Å²) in [4.78, 5) is 4.95. The van der Waals surface area contributed by atoms with Crippen molar-refractivity contribution >= 4 is 0 Å². The SMILES string of the molecule is CCCCCCCCCCCCCCC(CCCCCCCCCCCCCC)N1C=CN(C)C1. The van der Waals surface area contributed by atoms with Crippen molar-refractivity contribution in [3.8, 4) is 0 Å². The van der Waals surface area contributed by atoms with E-state index in [2.05, 4.69) is 43.1 Å². The van der Waals surface area contributed by atoms with Gasteiger partial charge in [0, 0.05) is 25.5 Å². The highest BCUT2D eigenvalue weighted by atomic mass is 15.3. The van der Waals surface area contributed by atoms with Crippen LogP contribution in [0.25, 0.3) is 0 Å². The molecular weight excluding hydrogens is 424 g/mol. The van der Waals surface area contributed by atoms with E-state index in [9.17, 15) is 0 Å². The van der Waals surface area contributed by atoms with Gasteiger partial charge < -0.3 is 9.80 Å². The van der Waals surface area contributed by atoms with E-state index >= 15 is 0 Å². The van der Waals surface area contributed by atoms with Crippen molar-refractivity contribution in [1.82, 2.24) is 9.80 Å². The maximum atomic E-state index is 2.62. The van der Waals surface area contributed by atoms with Crippen molar-refractivity contribution in [3.05, 3.63) is 12.4 Å². The van der Waals surface area contributed by atoms with Crippen molar-refractivity contribution in [2.45, 2.75) is 187 Å². The van der Waals surface area contributed by atoms with E-state index in [0.717, 1.165) is 12.7 Å². The molecule has 0 saturated heterocycles. The van der Waals surface area contributed by atoms with Gasteiger partial charge in [-0.15, -0.1) is 0 Å². The molecule has 0 saturated carbocycles. The first kappa shape index (κ1) is 32.4. The van der Waals surface area contributed by atoms with Crippen LogP contribution in [0.3, 0.4) is 0 Å². The molecule has 35 heavy (non-hydrogen) atoms. The third kappa shape index (κ3) is 20.1. The van der Waals surface area contributed by atoms with Gasteiger partial charge >= 0.3 is 0 Å². The lowest BCUT2D eigenvalue weighted by Crippen LogP contribution is -2.33. The summed E-state index contributed by atoms with van der Waals surface area (Å²) in [5, 5.41) is 0. The molecule has 0 spiro atoms. The van der Waals surface area contributed by atoms with Crippen molar-refractivity contribution in [2.75, 3.05) is 13.7 Å². The summed E-state index contributed by atoms with van der Waals surface area (Å²) in [6, 6.07) is 0.766. The molecule has 0 N–H and O–H groups in total. The minimum absolute atomic E-state index is 0.766. The summed E-state index contributed by atoms with van der Waals surface area (Å²) in [6.07, 6.45) is 42.2. The molecule has 0 bridgehead atoms. The van der Waals surface area contributed by atoms with Crippen molar-refractivity contribution < 1.29 is 0 Å². The Morgan fingerprint density at radius 2 is 0.771 bits per heavy atom. The molecule has 0 atom stereocenters. The monoisotopic (exact) mass is 491 g/mol. The third-order valence-corrected chi connectivity index (χ3v) is 8.15. The van der Waals surface area contributed by atoms with Crippen LogP contribution in [0.4, 0.5) is 0 Å². The van der Waals surface area contributed by atoms with Gasteiger partial charge in [-0.25, -0.2) is 0 Å². The van der Waals surface area contributed by atoms with Crippen molar-refractivity contribution in [3.63, 3.8) is 0 Å². The number of hydrogen-bond donors (Lipinski definition) is 0. The summed E-state index contributed by atoms with van der Waals surface area (Å²) in [6.45, 7) is 5.71. The number of unbranched alkanes of at least 4 members (excludes halogenated alkanes) is 22. The van der Waals surface area contributed by atoms with Crippen LogP contribution < -0.4 is 0 Å². The fourth-order valence-corrected chi connectivity index (χ4v) is 5.71. The molecule has 0 unspecified atom stereocenters. The largest absolute Gasteiger partial charge is 0.362 e. The lowest BCUT2D eigenvalue weighted by atomic mass is 9.98. The zero-order valence-corrected chi connectivity index (χ0v) is 24.7. The second-order valence-electron chi connectivity index (χ2n) is 11.7. The molecule has 1 aliphatic rings.